The van der Waals surface area contributed by atoms with Gasteiger partial charge < -0.3 is 5.32 Å². The van der Waals surface area contributed by atoms with E-state index in [2.05, 4.69) is 19.9 Å². The number of benzene rings is 1. The van der Waals surface area contributed by atoms with Gasteiger partial charge in [-0.25, -0.2) is 0 Å². The zero-order valence-electron chi connectivity index (χ0n) is 17.6. The van der Waals surface area contributed by atoms with Gasteiger partial charge in [0.1, 0.15) is 0 Å². The third-order valence-electron chi connectivity index (χ3n) is 5.59. The van der Waals surface area contributed by atoms with Gasteiger partial charge in [0, 0.05) is 23.3 Å². The molecule has 8 heteroatoms. The molecule has 31 heavy (non-hydrogen) atoms. The first-order valence-electron chi connectivity index (χ1n) is 10.4. The zero-order chi connectivity index (χ0) is 21.8. The van der Waals surface area contributed by atoms with Crippen LogP contribution < -0.4 is 10.2 Å². The smallest absolute Gasteiger partial charge is 0.280 e. The number of carbonyl (C=O) groups is 2. The summed E-state index contributed by atoms with van der Waals surface area (Å²) in [5.41, 5.74) is 3.34. The summed E-state index contributed by atoms with van der Waals surface area (Å²) >= 11 is 1.10. The highest BCUT2D eigenvalue weighted by Crippen LogP contribution is 2.32. The van der Waals surface area contributed by atoms with Crippen molar-refractivity contribution < 1.29 is 9.59 Å². The standard InChI is InChI=1S/C23H25N5O2S/c1-15-10-11-20(16(2)13-15)28(23(30)19-14-31-27-26-19)21(18-9-5-6-12-24-18)22(29)25-17-7-3-4-8-17/h5-6,9-14,17,21H,3-4,7-8H2,1-2H3,(H,25,29)/t21-/m1/s1. The van der Waals surface area contributed by atoms with E-state index in [1.165, 1.54) is 4.90 Å². The van der Waals surface area contributed by atoms with Crippen LogP contribution in [0.3, 0.4) is 0 Å². The van der Waals surface area contributed by atoms with E-state index in [9.17, 15) is 9.59 Å². The molecule has 0 unspecified atom stereocenters. The molecule has 4 rings (SSSR count). The molecule has 2 aromatic heterocycles. The second-order valence-electron chi connectivity index (χ2n) is 7.90. The van der Waals surface area contributed by atoms with Gasteiger partial charge in [-0.3, -0.25) is 19.5 Å². The quantitative estimate of drug-likeness (QED) is 0.632. The van der Waals surface area contributed by atoms with Crippen LogP contribution in [0, 0.1) is 13.8 Å². The SMILES string of the molecule is Cc1ccc(N(C(=O)c2csnn2)[C@@H](C(=O)NC2CCCC2)c2ccccn2)c(C)c1. The van der Waals surface area contributed by atoms with Gasteiger partial charge in [-0.1, -0.05) is 41.1 Å². The lowest BCUT2D eigenvalue weighted by molar-refractivity contribution is -0.123. The van der Waals surface area contributed by atoms with Gasteiger partial charge in [0.25, 0.3) is 5.91 Å². The van der Waals surface area contributed by atoms with Gasteiger partial charge in [-0.15, -0.1) is 5.10 Å². The lowest BCUT2D eigenvalue weighted by Crippen LogP contribution is -2.47. The number of amides is 2. The molecule has 0 aliphatic heterocycles. The summed E-state index contributed by atoms with van der Waals surface area (Å²) in [7, 11) is 0. The summed E-state index contributed by atoms with van der Waals surface area (Å²) < 4.78 is 3.84. The Morgan fingerprint density at radius 3 is 2.61 bits per heavy atom. The maximum absolute atomic E-state index is 13.6. The molecule has 1 aliphatic rings. The molecule has 2 heterocycles. The van der Waals surface area contributed by atoms with Crippen molar-refractivity contribution in [1.82, 2.24) is 19.9 Å². The van der Waals surface area contributed by atoms with E-state index in [0.29, 0.717) is 11.4 Å². The lowest BCUT2D eigenvalue weighted by atomic mass is 10.0. The monoisotopic (exact) mass is 435 g/mol. The van der Waals surface area contributed by atoms with Crippen molar-refractivity contribution in [3.8, 4) is 0 Å². The summed E-state index contributed by atoms with van der Waals surface area (Å²) in [4.78, 5) is 33.2. The number of carbonyl (C=O) groups excluding carboxylic acids is 2. The van der Waals surface area contributed by atoms with Crippen LogP contribution in [0.5, 0.6) is 0 Å². The minimum absolute atomic E-state index is 0.121. The van der Waals surface area contributed by atoms with E-state index in [1.54, 1.807) is 23.7 Å². The van der Waals surface area contributed by atoms with E-state index in [-0.39, 0.29) is 23.6 Å². The largest absolute Gasteiger partial charge is 0.351 e. The Balaban J connectivity index is 1.82. The molecular formula is C23H25N5O2S. The average Bonchev–Trinajstić information content (AvgIpc) is 3.47. The maximum atomic E-state index is 13.6. The van der Waals surface area contributed by atoms with Gasteiger partial charge in [0.15, 0.2) is 11.7 Å². The molecule has 0 saturated heterocycles. The maximum Gasteiger partial charge on any atom is 0.280 e. The molecule has 3 aromatic rings. The molecule has 1 aromatic carbocycles. The number of hydrogen-bond acceptors (Lipinski definition) is 6. The molecule has 160 valence electrons. The van der Waals surface area contributed by atoms with Crippen LogP contribution in [-0.4, -0.2) is 32.4 Å². The number of hydrogen-bond donors (Lipinski definition) is 1. The number of pyridine rings is 1. The molecule has 1 N–H and O–H groups in total. The van der Waals surface area contributed by atoms with Crippen molar-refractivity contribution in [2.75, 3.05) is 4.90 Å². The van der Waals surface area contributed by atoms with Crippen molar-refractivity contribution in [3.05, 3.63) is 70.5 Å². The first kappa shape index (κ1) is 21.1. The van der Waals surface area contributed by atoms with Gasteiger partial charge in [-0.05, 0) is 62.0 Å². The van der Waals surface area contributed by atoms with E-state index in [4.69, 9.17) is 0 Å². The number of nitrogens with one attached hydrogen (secondary N) is 1. The molecular weight excluding hydrogens is 410 g/mol. The van der Waals surface area contributed by atoms with Crippen molar-refractivity contribution in [3.63, 3.8) is 0 Å². The van der Waals surface area contributed by atoms with Crippen LogP contribution in [0.15, 0.2) is 48.0 Å². The number of nitrogens with zero attached hydrogens (tertiary/aromatic N) is 4. The summed E-state index contributed by atoms with van der Waals surface area (Å²) in [6, 6.07) is 10.4. The third kappa shape index (κ3) is 4.64. The molecule has 1 aliphatic carbocycles. The molecule has 1 atom stereocenters. The molecule has 1 fully saturated rings. The van der Waals surface area contributed by atoms with Crippen LogP contribution in [0.4, 0.5) is 5.69 Å². The van der Waals surface area contributed by atoms with Crippen LogP contribution in [0.25, 0.3) is 0 Å². The van der Waals surface area contributed by atoms with E-state index in [0.717, 1.165) is 48.3 Å². The second-order valence-corrected chi connectivity index (χ2v) is 8.51. The van der Waals surface area contributed by atoms with E-state index < -0.39 is 6.04 Å². The Bertz CT molecular complexity index is 1050. The van der Waals surface area contributed by atoms with E-state index in [1.807, 2.05) is 38.1 Å². The third-order valence-corrected chi connectivity index (χ3v) is 6.09. The topological polar surface area (TPSA) is 88.1 Å². The summed E-state index contributed by atoms with van der Waals surface area (Å²) in [6.07, 6.45) is 5.75. The molecule has 2 amide bonds. The van der Waals surface area contributed by atoms with Gasteiger partial charge in [0.2, 0.25) is 5.91 Å². The van der Waals surface area contributed by atoms with Crippen LogP contribution in [0.2, 0.25) is 0 Å². The minimum Gasteiger partial charge on any atom is -0.351 e. The number of aryl methyl sites for hydroxylation is 2. The zero-order valence-corrected chi connectivity index (χ0v) is 18.4. The first-order valence-corrected chi connectivity index (χ1v) is 11.3. The fourth-order valence-corrected chi connectivity index (χ4v) is 4.52. The summed E-state index contributed by atoms with van der Waals surface area (Å²) in [6.45, 7) is 3.93. The number of aromatic nitrogens is 3. The molecule has 0 spiro atoms. The van der Waals surface area contributed by atoms with Crippen LogP contribution in [-0.2, 0) is 4.79 Å². The number of anilines is 1. The minimum atomic E-state index is -0.919. The van der Waals surface area contributed by atoms with E-state index >= 15 is 0 Å². The summed E-state index contributed by atoms with van der Waals surface area (Å²) in [5.74, 6) is -0.611. The van der Waals surface area contributed by atoms with Crippen molar-refractivity contribution in [2.45, 2.75) is 51.6 Å². The van der Waals surface area contributed by atoms with Gasteiger partial charge >= 0.3 is 0 Å². The Hall–Kier alpha value is -3.13. The normalized spacial score (nSPS) is 14.9. The average molecular weight is 436 g/mol. The predicted octanol–water partition coefficient (Wildman–Crippen LogP) is 4.00. The van der Waals surface area contributed by atoms with Gasteiger partial charge in [0.05, 0.1) is 5.69 Å². The molecule has 0 radical (unpaired) electrons. The van der Waals surface area contributed by atoms with Crippen molar-refractivity contribution >= 4 is 29.0 Å². The molecule has 1 saturated carbocycles. The van der Waals surface area contributed by atoms with Crippen molar-refractivity contribution in [1.29, 1.82) is 0 Å². The second kappa shape index (κ2) is 9.34. The highest BCUT2D eigenvalue weighted by Gasteiger charge is 2.37. The summed E-state index contributed by atoms with van der Waals surface area (Å²) in [5, 5.41) is 8.73. The Labute approximate surface area is 185 Å². The first-order chi connectivity index (χ1) is 15.0. The Morgan fingerprint density at radius 2 is 1.97 bits per heavy atom. The van der Waals surface area contributed by atoms with Crippen molar-refractivity contribution in [2.24, 2.45) is 0 Å². The fourth-order valence-electron chi connectivity index (χ4n) is 4.09. The Kier molecular flexibility index (Phi) is 6.36. The highest BCUT2D eigenvalue weighted by atomic mass is 32.1. The van der Waals surface area contributed by atoms with Crippen LogP contribution in [0.1, 0.15) is 59.0 Å². The highest BCUT2D eigenvalue weighted by molar-refractivity contribution is 7.03. The lowest BCUT2D eigenvalue weighted by Gasteiger charge is -2.32. The Morgan fingerprint density at radius 1 is 1.16 bits per heavy atom. The fraction of sp³-hybridized carbons (Fsp3) is 0.348. The predicted molar refractivity (Wildman–Crippen MR) is 120 cm³/mol. The molecule has 7 nitrogen and oxygen atoms in total. The van der Waals surface area contributed by atoms with Gasteiger partial charge in [-0.2, -0.15) is 0 Å². The van der Waals surface area contributed by atoms with Crippen LogP contribution >= 0.6 is 11.5 Å². The number of rotatable bonds is 6. The molecule has 0 bridgehead atoms.